The van der Waals surface area contributed by atoms with Crippen molar-refractivity contribution in [3.63, 3.8) is 0 Å². The van der Waals surface area contributed by atoms with E-state index in [0.29, 0.717) is 36.0 Å². The van der Waals surface area contributed by atoms with Crippen molar-refractivity contribution < 1.29 is 9.59 Å². The molecule has 2 aromatic rings. The van der Waals surface area contributed by atoms with Crippen LogP contribution in [0.4, 0.5) is 0 Å². The highest BCUT2D eigenvalue weighted by atomic mass is 35.5. The summed E-state index contributed by atoms with van der Waals surface area (Å²) in [6, 6.07) is 14.9. The minimum Gasteiger partial charge on any atom is -0.356 e. The predicted molar refractivity (Wildman–Crippen MR) is 101 cm³/mol. The summed E-state index contributed by atoms with van der Waals surface area (Å²) in [7, 11) is 0. The Labute approximate surface area is 157 Å². The first kappa shape index (κ1) is 19.3. The SMILES string of the molecule is O=C(CCNC(=O)Cc1ccccc1)NCCc1cccc(Cl)c1Cl. The average molecular weight is 379 g/mol. The molecule has 0 heterocycles. The number of amides is 2. The fourth-order valence-corrected chi connectivity index (χ4v) is 2.74. The molecule has 2 N–H and O–H groups in total. The first-order valence-corrected chi connectivity index (χ1v) is 8.82. The van der Waals surface area contributed by atoms with Crippen molar-refractivity contribution >= 4 is 35.0 Å². The molecule has 2 rings (SSSR count). The lowest BCUT2D eigenvalue weighted by Gasteiger charge is -2.08. The van der Waals surface area contributed by atoms with Crippen LogP contribution in [-0.4, -0.2) is 24.9 Å². The van der Waals surface area contributed by atoms with Gasteiger partial charge in [-0.2, -0.15) is 0 Å². The van der Waals surface area contributed by atoms with Gasteiger partial charge in [0.2, 0.25) is 11.8 Å². The van der Waals surface area contributed by atoms with Crippen LogP contribution in [-0.2, 0) is 22.4 Å². The average Bonchev–Trinajstić information content (AvgIpc) is 2.59. The maximum Gasteiger partial charge on any atom is 0.224 e. The molecule has 0 saturated heterocycles. The van der Waals surface area contributed by atoms with Crippen LogP contribution in [0.25, 0.3) is 0 Å². The maximum absolute atomic E-state index is 11.8. The third-order valence-electron chi connectivity index (χ3n) is 3.63. The number of carbonyl (C=O) groups is 2. The van der Waals surface area contributed by atoms with Gasteiger partial charge in [-0.15, -0.1) is 0 Å². The summed E-state index contributed by atoms with van der Waals surface area (Å²) in [5, 5.41) is 6.58. The molecule has 0 aliphatic carbocycles. The standard InChI is InChI=1S/C19H20Cl2N2O2/c20-16-8-4-7-15(19(16)21)9-11-22-17(24)10-12-23-18(25)13-14-5-2-1-3-6-14/h1-8H,9-13H2,(H,22,24)(H,23,25). The van der Waals surface area contributed by atoms with Gasteiger partial charge in [-0.05, 0) is 23.6 Å². The number of hydrogen-bond donors (Lipinski definition) is 2. The van der Waals surface area contributed by atoms with Gasteiger partial charge in [0.05, 0.1) is 16.5 Å². The minimum atomic E-state index is -0.113. The molecule has 25 heavy (non-hydrogen) atoms. The summed E-state index contributed by atoms with van der Waals surface area (Å²) in [6.45, 7) is 0.784. The lowest BCUT2D eigenvalue weighted by Crippen LogP contribution is -2.32. The van der Waals surface area contributed by atoms with Crippen LogP contribution in [0.15, 0.2) is 48.5 Å². The summed E-state index contributed by atoms with van der Waals surface area (Å²) in [4.78, 5) is 23.6. The second-order valence-electron chi connectivity index (χ2n) is 5.58. The Hall–Kier alpha value is -2.04. The second kappa shape index (κ2) is 10.1. The Morgan fingerprint density at radius 2 is 1.56 bits per heavy atom. The van der Waals surface area contributed by atoms with Crippen molar-refractivity contribution in [3.05, 3.63) is 69.7 Å². The fraction of sp³-hybridized carbons (Fsp3) is 0.263. The molecule has 6 heteroatoms. The van der Waals surface area contributed by atoms with Crippen LogP contribution < -0.4 is 10.6 Å². The van der Waals surface area contributed by atoms with Crippen LogP contribution in [0.3, 0.4) is 0 Å². The highest BCUT2D eigenvalue weighted by Gasteiger charge is 2.07. The number of carbonyl (C=O) groups excluding carboxylic acids is 2. The molecule has 2 aromatic carbocycles. The van der Waals surface area contributed by atoms with Gasteiger partial charge in [0.15, 0.2) is 0 Å². The van der Waals surface area contributed by atoms with Crippen LogP contribution in [0, 0.1) is 0 Å². The smallest absolute Gasteiger partial charge is 0.224 e. The first-order valence-electron chi connectivity index (χ1n) is 8.06. The van der Waals surface area contributed by atoms with Crippen LogP contribution in [0.5, 0.6) is 0 Å². The highest BCUT2D eigenvalue weighted by Crippen LogP contribution is 2.25. The lowest BCUT2D eigenvalue weighted by molar-refractivity contribution is -0.122. The van der Waals surface area contributed by atoms with Gasteiger partial charge in [0.25, 0.3) is 0 Å². The van der Waals surface area contributed by atoms with E-state index in [4.69, 9.17) is 23.2 Å². The van der Waals surface area contributed by atoms with E-state index in [9.17, 15) is 9.59 Å². The van der Waals surface area contributed by atoms with E-state index >= 15 is 0 Å². The Kier molecular flexibility index (Phi) is 7.76. The van der Waals surface area contributed by atoms with E-state index < -0.39 is 0 Å². The quantitative estimate of drug-likeness (QED) is 0.739. The normalized spacial score (nSPS) is 10.3. The predicted octanol–water partition coefficient (Wildman–Crippen LogP) is 3.40. The Morgan fingerprint density at radius 1 is 0.840 bits per heavy atom. The Morgan fingerprint density at radius 3 is 2.32 bits per heavy atom. The third-order valence-corrected chi connectivity index (χ3v) is 4.49. The van der Waals surface area contributed by atoms with Gasteiger partial charge in [-0.1, -0.05) is 65.7 Å². The molecule has 0 radical (unpaired) electrons. The van der Waals surface area contributed by atoms with Gasteiger partial charge in [0.1, 0.15) is 0 Å². The van der Waals surface area contributed by atoms with Crippen molar-refractivity contribution in [2.24, 2.45) is 0 Å². The lowest BCUT2D eigenvalue weighted by atomic mass is 10.1. The van der Waals surface area contributed by atoms with Crippen molar-refractivity contribution in [2.45, 2.75) is 19.3 Å². The van der Waals surface area contributed by atoms with Gasteiger partial charge in [0, 0.05) is 19.5 Å². The molecule has 0 spiro atoms. The summed E-state index contributed by atoms with van der Waals surface area (Å²) in [6.07, 6.45) is 1.16. The zero-order valence-corrected chi connectivity index (χ0v) is 15.2. The van der Waals surface area contributed by atoms with E-state index in [0.717, 1.165) is 11.1 Å². The molecular weight excluding hydrogens is 359 g/mol. The summed E-state index contributed by atoms with van der Waals surface area (Å²) >= 11 is 12.1. The molecule has 0 atom stereocenters. The number of halogens is 2. The monoisotopic (exact) mass is 378 g/mol. The van der Waals surface area contributed by atoms with Gasteiger partial charge in [-0.25, -0.2) is 0 Å². The molecule has 0 aromatic heterocycles. The highest BCUT2D eigenvalue weighted by molar-refractivity contribution is 6.42. The maximum atomic E-state index is 11.8. The van der Waals surface area contributed by atoms with Crippen LogP contribution >= 0.6 is 23.2 Å². The van der Waals surface area contributed by atoms with Crippen molar-refractivity contribution in [1.29, 1.82) is 0 Å². The van der Waals surface area contributed by atoms with Crippen molar-refractivity contribution in [3.8, 4) is 0 Å². The summed E-state index contributed by atoms with van der Waals surface area (Å²) < 4.78 is 0. The van der Waals surface area contributed by atoms with Crippen molar-refractivity contribution in [1.82, 2.24) is 10.6 Å². The molecule has 132 valence electrons. The molecule has 0 saturated carbocycles. The molecule has 4 nitrogen and oxygen atoms in total. The van der Waals surface area contributed by atoms with E-state index in [2.05, 4.69) is 10.6 Å². The van der Waals surface area contributed by atoms with Crippen molar-refractivity contribution in [2.75, 3.05) is 13.1 Å². The second-order valence-corrected chi connectivity index (χ2v) is 6.36. The Bertz CT molecular complexity index is 721. The van der Waals surface area contributed by atoms with Gasteiger partial charge in [-0.3, -0.25) is 9.59 Å². The summed E-state index contributed by atoms with van der Waals surface area (Å²) in [5.41, 5.74) is 1.84. The molecular formula is C19H20Cl2N2O2. The zero-order chi connectivity index (χ0) is 18.1. The van der Waals surface area contributed by atoms with Crippen LogP contribution in [0.1, 0.15) is 17.5 Å². The van der Waals surface area contributed by atoms with E-state index in [-0.39, 0.29) is 18.2 Å². The van der Waals surface area contributed by atoms with E-state index in [1.54, 1.807) is 6.07 Å². The third kappa shape index (κ3) is 6.77. The molecule has 0 aliphatic heterocycles. The summed E-state index contributed by atoms with van der Waals surface area (Å²) in [5.74, 6) is -0.206. The number of benzene rings is 2. The number of nitrogens with one attached hydrogen (secondary N) is 2. The van der Waals surface area contributed by atoms with Gasteiger partial charge < -0.3 is 10.6 Å². The minimum absolute atomic E-state index is 0.0929. The molecule has 0 aliphatic rings. The largest absolute Gasteiger partial charge is 0.356 e. The fourth-order valence-electron chi connectivity index (χ4n) is 2.33. The van der Waals surface area contributed by atoms with E-state index in [1.807, 2.05) is 42.5 Å². The first-order chi connectivity index (χ1) is 12.1. The molecule has 0 fully saturated rings. The topological polar surface area (TPSA) is 58.2 Å². The molecule has 0 unspecified atom stereocenters. The molecule has 2 amide bonds. The van der Waals surface area contributed by atoms with Gasteiger partial charge >= 0.3 is 0 Å². The van der Waals surface area contributed by atoms with Crippen LogP contribution in [0.2, 0.25) is 10.0 Å². The number of rotatable bonds is 8. The van der Waals surface area contributed by atoms with E-state index in [1.165, 1.54) is 0 Å². The zero-order valence-electron chi connectivity index (χ0n) is 13.7. The Balaban J connectivity index is 1.62. The molecule has 0 bridgehead atoms. The number of hydrogen-bond acceptors (Lipinski definition) is 2.